The van der Waals surface area contributed by atoms with Gasteiger partial charge >= 0.3 is 0 Å². The van der Waals surface area contributed by atoms with Crippen LogP contribution in [0.5, 0.6) is 0 Å². The van der Waals surface area contributed by atoms with Crippen molar-refractivity contribution in [2.75, 3.05) is 26.2 Å². The van der Waals surface area contributed by atoms with Crippen molar-refractivity contribution in [2.24, 2.45) is 0 Å². The molecular formula is C16H23FN2O. The van der Waals surface area contributed by atoms with Gasteiger partial charge in [0, 0.05) is 13.1 Å². The summed E-state index contributed by atoms with van der Waals surface area (Å²) < 4.78 is 13.0. The highest BCUT2D eigenvalue weighted by atomic mass is 19.1. The SMILES string of the molecule is O=C(Cc1cccc(F)c1)NCCN1CCCCCC1. The lowest BCUT2D eigenvalue weighted by molar-refractivity contribution is -0.120. The first-order chi connectivity index (χ1) is 9.74. The van der Waals surface area contributed by atoms with Crippen LogP contribution in [0.1, 0.15) is 31.2 Å². The lowest BCUT2D eigenvalue weighted by atomic mass is 10.1. The first-order valence-electron chi connectivity index (χ1n) is 7.47. The van der Waals surface area contributed by atoms with Crippen molar-refractivity contribution in [1.82, 2.24) is 10.2 Å². The number of nitrogens with one attached hydrogen (secondary N) is 1. The van der Waals surface area contributed by atoms with Crippen LogP contribution in [0.4, 0.5) is 4.39 Å². The molecule has 110 valence electrons. The predicted octanol–water partition coefficient (Wildman–Crippen LogP) is 2.36. The van der Waals surface area contributed by atoms with Gasteiger partial charge in [-0.1, -0.05) is 25.0 Å². The fourth-order valence-electron chi connectivity index (χ4n) is 2.61. The Hall–Kier alpha value is -1.42. The van der Waals surface area contributed by atoms with E-state index in [2.05, 4.69) is 10.2 Å². The van der Waals surface area contributed by atoms with Crippen LogP contribution in [-0.2, 0) is 11.2 Å². The van der Waals surface area contributed by atoms with E-state index in [9.17, 15) is 9.18 Å². The summed E-state index contributed by atoms with van der Waals surface area (Å²) in [6.07, 6.45) is 5.41. The van der Waals surface area contributed by atoms with Gasteiger partial charge in [0.15, 0.2) is 0 Å². The van der Waals surface area contributed by atoms with E-state index in [4.69, 9.17) is 0 Å². The molecule has 0 spiro atoms. The summed E-state index contributed by atoms with van der Waals surface area (Å²) in [5.74, 6) is -0.328. The smallest absolute Gasteiger partial charge is 0.224 e. The van der Waals surface area contributed by atoms with Crippen LogP contribution >= 0.6 is 0 Å². The number of hydrogen-bond donors (Lipinski definition) is 1. The molecule has 1 fully saturated rings. The quantitative estimate of drug-likeness (QED) is 0.897. The third-order valence-electron chi connectivity index (χ3n) is 3.70. The summed E-state index contributed by atoms with van der Waals surface area (Å²) in [4.78, 5) is 14.2. The lowest BCUT2D eigenvalue weighted by Gasteiger charge is -2.19. The molecule has 0 bridgehead atoms. The molecule has 0 saturated carbocycles. The van der Waals surface area contributed by atoms with E-state index in [0.717, 1.165) is 25.2 Å². The van der Waals surface area contributed by atoms with E-state index in [0.29, 0.717) is 6.54 Å². The normalized spacial score (nSPS) is 16.6. The van der Waals surface area contributed by atoms with Gasteiger partial charge in [0.25, 0.3) is 0 Å². The second-order valence-corrected chi connectivity index (χ2v) is 5.41. The van der Waals surface area contributed by atoms with Crippen LogP contribution in [0.25, 0.3) is 0 Å². The third-order valence-corrected chi connectivity index (χ3v) is 3.70. The first-order valence-corrected chi connectivity index (χ1v) is 7.47. The van der Waals surface area contributed by atoms with Gasteiger partial charge in [-0.25, -0.2) is 4.39 Å². The average Bonchev–Trinajstić information content (AvgIpc) is 2.67. The van der Waals surface area contributed by atoms with E-state index < -0.39 is 0 Å². The maximum atomic E-state index is 13.0. The molecule has 1 saturated heterocycles. The highest BCUT2D eigenvalue weighted by Gasteiger charge is 2.09. The third kappa shape index (κ3) is 5.29. The van der Waals surface area contributed by atoms with Crippen LogP contribution in [0.15, 0.2) is 24.3 Å². The van der Waals surface area contributed by atoms with Gasteiger partial charge in [-0.3, -0.25) is 4.79 Å². The Morgan fingerprint density at radius 2 is 1.95 bits per heavy atom. The second-order valence-electron chi connectivity index (χ2n) is 5.41. The van der Waals surface area contributed by atoms with Gasteiger partial charge in [-0.05, 0) is 43.6 Å². The maximum absolute atomic E-state index is 13.0. The zero-order chi connectivity index (χ0) is 14.2. The molecule has 0 radical (unpaired) electrons. The summed E-state index contributed by atoms with van der Waals surface area (Å²) in [7, 11) is 0. The minimum absolute atomic E-state index is 0.0366. The molecule has 4 heteroatoms. The minimum Gasteiger partial charge on any atom is -0.355 e. The Morgan fingerprint density at radius 1 is 1.20 bits per heavy atom. The maximum Gasteiger partial charge on any atom is 0.224 e. The van der Waals surface area contributed by atoms with Gasteiger partial charge in [0.1, 0.15) is 5.82 Å². The van der Waals surface area contributed by atoms with Crippen molar-refractivity contribution in [2.45, 2.75) is 32.1 Å². The van der Waals surface area contributed by atoms with Crippen LogP contribution in [0, 0.1) is 5.82 Å². The molecule has 0 atom stereocenters. The number of carbonyl (C=O) groups is 1. The molecule has 0 aromatic heterocycles. The average molecular weight is 278 g/mol. The summed E-state index contributed by atoms with van der Waals surface area (Å²) in [5.41, 5.74) is 0.720. The van der Waals surface area contributed by atoms with Crippen LogP contribution in [0.2, 0.25) is 0 Å². The number of nitrogens with zero attached hydrogens (tertiary/aromatic N) is 1. The molecule has 3 nitrogen and oxygen atoms in total. The first kappa shape index (κ1) is 15.0. The van der Waals surface area contributed by atoms with Crippen LogP contribution in [-0.4, -0.2) is 37.0 Å². The fourth-order valence-corrected chi connectivity index (χ4v) is 2.61. The van der Waals surface area contributed by atoms with Gasteiger partial charge in [0.2, 0.25) is 5.91 Å². The summed E-state index contributed by atoms with van der Waals surface area (Å²) in [5, 5.41) is 2.92. The number of halogens is 1. The van der Waals surface area contributed by atoms with Crippen LogP contribution in [0.3, 0.4) is 0 Å². The second kappa shape index (κ2) is 8.00. The highest BCUT2D eigenvalue weighted by Crippen LogP contribution is 2.08. The molecule has 2 rings (SSSR count). The molecular weight excluding hydrogens is 255 g/mol. The number of rotatable bonds is 5. The zero-order valence-corrected chi connectivity index (χ0v) is 11.9. The van der Waals surface area contributed by atoms with E-state index in [-0.39, 0.29) is 18.1 Å². The molecule has 0 unspecified atom stereocenters. The topological polar surface area (TPSA) is 32.3 Å². The van der Waals surface area contributed by atoms with Crippen molar-refractivity contribution in [3.63, 3.8) is 0 Å². The highest BCUT2D eigenvalue weighted by molar-refractivity contribution is 5.78. The number of likely N-dealkylation sites (tertiary alicyclic amines) is 1. The number of carbonyl (C=O) groups excluding carboxylic acids is 1. The fraction of sp³-hybridized carbons (Fsp3) is 0.562. The van der Waals surface area contributed by atoms with E-state index in [1.165, 1.54) is 37.8 Å². The Morgan fingerprint density at radius 3 is 2.65 bits per heavy atom. The zero-order valence-electron chi connectivity index (χ0n) is 11.9. The monoisotopic (exact) mass is 278 g/mol. The molecule has 1 aromatic carbocycles. The number of hydrogen-bond acceptors (Lipinski definition) is 2. The van der Waals surface area contributed by atoms with E-state index >= 15 is 0 Å². The molecule has 20 heavy (non-hydrogen) atoms. The minimum atomic E-state index is -0.292. The number of benzene rings is 1. The Bertz CT molecular complexity index is 428. The Kier molecular flexibility index (Phi) is 5.99. The van der Waals surface area contributed by atoms with Crippen molar-refractivity contribution in [1.29, 1.82) is 0 Å². The Balaban J connectivity index is 1.67. The van der Waals surface area contributed by atoms with Crippen LogP contribution < -0.4 is 5.32 Å². The molecule has 1 aliphatic heterocycles. The van der Waals surface area contributed by atoms with Gasteiger partial charge in [-0.15, -0.1) is 0 Å². The molecule has 1 heterocycles. The summed E-state index contributed by atoms with van der Waals surface area (Å²) in [6, 6.07) is 6.21. The predicted molar refractivity (Wildman–Crippen MR) is 78.0 cm³/mol. The molecule has 1 aliphatic rings. The Labute approximate surface area is 120 Å². The van der Waals surface area contributed by atoms with E-state index in [1.807, 2.05) is 0 Å². The van der Waals surface area contributed by atoms with Crippen molar-refractivity contribution in [3.05, 3.63) is 35.6 Å². The van der Waals surface area contributed by atoms with E-state index in [1.54, 1.807) is 12.1 Å². The van der Waals surface area contributed by atoms with Gasteiger partial charge in [0.05, 0.1) is 6.42 Å². The van der Waals surface area contributed by atoms with Crippen molar-refractivity contribution >= 4 is 5.91 Å². The standard InChI is InChI=1S/C16H23FN2O/c17-15-7-5-6-14(12-15)13-16(20)18-8-11-19-9-3-1-2-4-10-19/h5-7,12H,1-4,8-11,13H2,(H,18,20). The largest absolute Gasteiger partial charge is 0.355 e. The summed E-state index contributed by atoms with van der Waals surface area (Å²) >= 11 is 0. The molecule has 1 N–H and O–H groups in total. The van der Waals surface area contributed by atoms with Crippen molar-refractivity contribution in [3.8, 4) is 0 Å². The molecule has 1 amide bonds. The van der Waals surface area contributed by atoms with Gasteiger partial charge < -0.3 is 10.2 Å². The molecule has 0 aliphatic carbocycles. The van der Waals surface area contributed by atoms with Crippen molar-refractivity contribution < 1.29 is 9.18 Å². The lowest BCUT2D eigenvalue weighted by Crippen LogP contribution is -2.36. The summed E-state index contributed by atoms with van der Waals surface area (Å²) in [6.45, 7) is 3.86. The number of amides is 1. The molecule has 1 aromatic rings. The van der Waals surface area contributed by atoms with Gasteiger partial charge in [-0.2, -0.15) is 0 Å².